The van der Waals surface area contributed by atoms with E-state index in [9.17, 15) is 13.6 Å². The predicted octanol–water partition coefficient (Wildman–Crippen LogP) is 4.77. The van der Waals surface area contributed by atoms with E-state index in [-0.39, 0.29) is 12.5 Å². The second kappa shape index (κ2) is 8.46. The largest absolute Gasteiger partial charge is 0.484 e. The van der Waals surface area contributed by atoms with Crippen LogP contribution in [0.1, 0.15) is 0 Å². The SMILES string of the molecule is O=C(COc1ccc(Cl)cc1)Nc1ccc(Nc2ccc(F)c(F)c2)cn1. The summed E-state index contributed by atoms with van der Waals surface area (Å²) < 4.78 is 31.5. The molecule has 1 aromatic heterocycles. The van der Waals surface area contributed by atoms with Gasteiger partial charge in [0.25, 0.3) is 5.91 Å². The van der Waals surface area contributed by atoms with E-state index in [2.05, 4.69) is 15.6 Å². The standard InChI is InChI=1S/C19H14ClF2N3O2/c20-12-1-5-15(6-2-12)27-11-19(26)25-18-8-4-14(10-23-18)24-13-3-7-16(21)17(22)9-13/h1-10,24H,11H2,(H,23,25,26). The lowest BCUT2D eigenvalue weighted by molar-refractivity contribution is -0.118. The van der Waals surface area contributed by atoms with E-state index in [4.69, 9.17) is 16.3 Å². The normalized spacial score (nSPS) is 10.3. The summed E-state index contributed by atoms with van der Waals surface area (Å²) in [5, 5.41) is 6.06. The number of anilines is 3. The highest BCUT2D eigenvalue weighted by Gasteiger charge is 2.06. The molecule has 3 aromatic rings. The van der Waals surface area contributed by atoms with Crippen LogP contribution in [0.25, 0.3) is 0 Å². The van der Waals surface area contributed by atoms with Gasteiger partial charge in [-0.3, -0.25) is 4.79 Å². The maximum Gasteiger partial charge on any atom is 0.263 e. The molecule has 0 bridgehead atoms. The second-order valence-corrected chi connectivity index (χ2v) is 5.91. The molecular formula is C19H14ClF2N3O2. The summed E-state index contributed by atoms with van der Waals surface area (Å²) in [6.45, 7) is -0.182. The first-order valence-corrected chi connectivity index (χ1v) is 8.24. The number of carbonyl (C=O) groups excluding carboxylic acids is 1. The fourth-order valence-electron chi connectivity index (χ4n) is 2.14. The zero-order valence-electron chi connectivity index (χ0n) is 13.9. The summed E-state index contributed by atoms with van der Waals surface area (Å²) in [5.41, 5.74) is 0.931. The number of aromatic nitrogens is 1. The number of hydrogen-bond acceptors (Lipinski definition) is 4. The van der Waals surface area contributed by atoms with Crippen LogP contribution < -0.4 is 15.4 Å². The Labute approximate surface area is 159 Å². The summed E-state index contributed by atoms with van der Waals surface area (Å²) in [7, 11) is 0. The molecule has 5 nitrogen and oxygen atoms in total. The molecule has 2 N–H and O–H groups in total. The molecule has 0 aliphatic heterocycles. The van der Waals surface area contributed by atoms with Gasteiger partial charge in [-0.1, -0.05) is 11.6 Å². The maximum absolute atomic E-state index is 13.2. The molecule has 0 saturated carbocycles. The van der Waals surface area contributed by atoms with Crippen LogP contribution in [-0.4, -0.2) is 17.5 Å². The average Bonchev–Trinajstić information content (AvgIpc) is 2.66. The molecule has 1 amide bonds. The molecule has 27 heavy (non-hydrogen) atoms. The van der Waals surface area contributed by atoms with Gasteiger partial charge in [0.05, 0.1) is 11.9 Å². The van der Waals surface area contributed by atoms with E-state index in [1.54, 1.807) is 36.4 Å². The zero-order valence-corrected chi connectivity index (χ0v) is 14.6. The number of halogens is 3. The minimum atomic E-state index is -0.947. The molecule has 0 aliphatic carbocycles. The van der Waals surface area contributed by atoms with E-state index in [1.165, 1.54) is 12.3 Å². The van der Waals surface area contributed by atoms with E-state index in [1.807, 2.05) is 0 Å². The van der Waals surface area contributed by atoms with Crippen molar-refractivity contribution in [3.05, 3.63) is 77.5 Å². The van der Waals surface area contributed by atoms with E-state index in [0.29, 0.717) is 28.0 Å². The molecule has 3 rings (SSSR count). The highest BCUT2D eigenvalue weighted by atomic mass is 35.5. The van der Waals surface area contributed by atoms with Gasteiger partial charge in [-0.25, -0.2) is 13.8 Å². The van der Waals surface area contributed by atoms with Gasteiger partial charge < -0.3 is 15.4 Å². The molecule has 0 aliphatic rings. The Hall–Kier alpha value is -3.19. The summed E-state index contributed by atoms with van der Waals surface area (Å²) in [6, 6.07) is 13.3. The van der Waals surface area contributed by atoms with Gasteiger partial charge in [0.15, 0.2) is 18.2 Å². The van der Waals surface area contributed by atoms with Crippen LogP contribution in [0.4, 0.5) is 26.0 Å². The molecule has 0 radical (unpaired) electrons. The molecule has 1 heterocycles. The Morgan fingerprint density at radius 2 is 1.74 bits per heavy atom. The van der Waals surface area contributed by atoms with Gasteiger partial charge in [-0.05, 0) is 48.5 Å². The van der Waals surface area contributed by atoms with Crippen molar-refractivity contribution in [3.63, 3.8) is 0 Å². The van der Waals surface area contributed by atoms with Gasteiger partial charge in [-0.2, -0.15) is 0 Å². The number of ether oxygens (including phenoxy) is 1. The van der Waals surface area contributed by atoms with Gasteiger partial charge in [0.1, 0.15) is 11.6 Å². The quantitative estimate of drug-likeness (QED) is 0.637. The molecule has 0 unspecified atom stereocenters. The summed E-state index contributed by atoms with van der Waals surface area (Å²) >= 11 is 5.78. The van der Waals surface area contributed by atoms with Crippen molar-refractivity contribution in [1.82, 2.24) is 4.98 Å². The van der Waals surface area contributed by atoms with Crippen LogP contribution in [0.5, 0.6) is 5.75 Å². The minimum absolute atomic E-state index is 0.182. The molecule has 138 valence electrons. The number of rotatable bonds is 6. The fraction of sp³-hybridized carbons (Fsp3) is 0.0526. The van der Waals surface area contributed by atoms with Crippen molar-refractivity contribution in [2.75, 3.05) is 17.2 Å². The number of nitrogens with one attached hydrogen (secondary N) is 2. The zero-order chi connectivity index (χ0) is 19.2. The monoisotopic (exact) mass is 389 g/mol. The van der Waals surface area contributed by atoms with Gasteiger partial charge in [-0.15, -0.1) is 0 Å². The molecule has 2 aromatic carbocycles. The third-order valence-electron chi connectivity index (χ3n) is 3.42. The minimum Gasteiger partial charge on any atom is -0.484 e. The molecule has 0 fully saturated rings. The Morgan fingerprint density at radius 1 is 1.00 bits per heavy atom. The van der Waals surface area contributed by atoms with Crippen molar-refractivity contribution in [1.29, 1.82) is 0 Å². The highest BCUT2D eigenvalue weighted by molar-refractivity contribution is 6.30. The first kappa shape index (κ1) is 18.6. The first-order chi connectivity index (χ1) is 13.0. The Balaban J connectivity index is 1.52. The van der Waals surface area contributed by atoms with Crippen LogP contribution in [0.15, 0.2) is 60.8 Å². The third-order valence-corrected chi connectivity index (χ3v) is 3.67. The van der Waals surface area contributed by atoms with E-state index >= 15 is 0 Å². The number of amides is 1. The second-order valence-electron chi connectivity index (χ2n) is 5.48. The van der Waals surface area contributed by atoms with Crippen LogP contribution in [0.3, 0.4) is 0 Å². The number of nitrogens with zero attached hydrogens (tertiary/aromatic N) is 1. The lowest BCUT2D eigenvalue weighted by Crippen LogP contribution is -2.20. The van der Waals surface area contributed by atoms with Crippen molar-refractivity contribution in [3.8, 4) is 5.75 Å². The molecule has 0 spiro atoms. The molecule has 0 saturated heterocycles. The van der Waals surface area contributed by atoms with Crippen molar-refractivity contribution >= 4 is 34.7 Å². The van der Waals surface area contributed by atoms with Gasteiger partial charge >= 0.3 is 0 Å². The van der Waals surface area contributed by atoms with Crippen LogP contribution >= 0.6 is 11.6 Å². The van der Waals surface area contributed by atoms with Crippen molar-refractivity contribution < 1.29 is 18.3 Å². The third kappa shape index (κ3) is 5.39. The summed E-state index contributed by atoms with van der Waals surface area (Å²) in [5.74, 6) is -1.39. The number of hydrogen-bond donors (Lipinski definition) is 2. The number of benzene rings is 2. The van der Waals surface area contributed by atoms with Gasteiger partial charge in [0, 0.05) is 16.8 Å². The maximum atomic E-state index is 13.2. The van der Waals surface area contributed by atoms with Crippen LogP contribution in [0, 0.1) is 11.6 Å². The van der Waals surface area contributed by atoms with Crippen molar-refractivity contribution in [2.45, 2.75) is 0 Å². The molecule has 0 atom stereocenters. The summed E-state index contributed by atoms with van der Waals surface area (Å²) in [4.78, 5) is 16.0. The Bertz CT molecular complexity index is 935. The summed E-state index contributed by atoms with van der Waals surface area (Å²) in [6.07, 6.45) is 1.46. The molecule has 8 heteroatoms. The molecular weight excluding hydrogens is 376 g/mol. The lowest BCUT2D eigenvalue weighted by Gasteiger charge is -2.09. The Kier molecular flexibility index (Phi) is 5.83. The number of pyridine rings is 1. The van der Waals surface area contributed by atoms with Crippen LogP contribution in [-0.2, 0) is 4.79 Å². The average molecular weight is 390 g/mol. The van der Waals surface area contributed by atoms with Gasteiger partial charge in [0.2, 0.25) is 0 Å². The fourth-order valence-corrected chi connectivity index (χ4v) is 2.27. The first-order valence-electron chi connectivity index (χ1n) is 7.86. The Morgan fingerprint density at radius 3 is 2.41 bits per heavy atom. The topological polar surface area (TPSA) is 63.2 Å². The lowest BCUT2D eigenvalue weighted by atomic mass is 10.3. The number of carbonyl (C=O) groups is 1. The van der Waals surface area contributed by atoms with E-state index in [0.717, 1.165) is 12.1 Å². The predicted molar refractivity (Wildman–Crippen MR) is 99.5 cm³/mol. The smallest absolute Gasteiger partial charge is 0.263 e. The highest BCUT2D eigenvalue weighted by Crippen LogP contribution is 2.19. The van der Waals surface area contributed by atoms with Crippen LogP contribution in [0.2, 0.25) is 5.02 Å². The van der Waals surface area contributed by atoms with E-state index < -0.39 is 11.6 Å². The van der Waals surface area contributed by atoms with Crippen molar-refractivity contribution in [2.24, 2.45) is 0 Å².